The van der Waals surface area contributed by atoms with E-state index in [1.165, 1.54) is 95.0 Å². The van der Waals surface area contributed by atoms with Crippen molar-refractivity contribution in [3.8, 4) is 0 Å². The predicted octanol–water partition coefficient (Wildman–Crippen LogP) is 6.24. The van der Waals surface area contributed by atoms with E-state index in [-0.39, 0.29) is 0 Å². The van der Waals surface area contributed by atoms with E-state index >= 15 is 0 Å². The van der Waals surface area contributed by atoms with Gasteiger partial charge >= 0.3 is 131 Å². The molecule has 150 valence electrons. The zero-order chi connectivity index (χ0) is 20.0. The van der Waals surface area contributed by atoms with Crippen LogP contribution in [0.4, 0.5) is 0 Å². The van der Waals surface area contributed by atoms with E-state index in [0.29, 0.717) is 0 Å². The molecule has 2 N–H and O–H groups in total. The average molecular weight is 364 g/mol. The van der Waals surface area contributed by atoms with Crippen LogP contribution in [0, 0.1) is 5.92 Å². The third-order valence-electron chi connectivity index (χ3n) is 4.81. The minimum Gasteiger partial charge on any atom is -0.0654 e. The van der Waals surface area contributed by atoms with Crippen molar-refractivity contribution < 1.29 is 19.8 Å². The van der Waals surface area contributed by atoms with Crippen LogP contribution in [0.5, 0.6) is 0 Å². The van der Waals surface area contributed by atoms with Gasteiger partial charge in [0.1, 0.15) is 6.42 Å². The van der Waals surface area contributed by atoms with Gasteiger partial charge in [-0.05, 0) is 0 Å². The van der Waals surface area contributed by atoms with Crippen molar-refractivity contribution in [3.63, 3.8) is 0 Å². The van der Waals surface area contributed by atoms with Crippen LogP contribution in [-0.4, -0.2) is 39.9 Å². The van der Waals surface area contributed by atoms with Crippen LogP contribution in [0.15, 0.2) is 0 Å². The van der Waals surface area contributed by atoms with Gasteiger partial charge in [-0.15, -0.1) is 0 Å². The molecule has 0 fully saturated rings. The number of carbonyl (C=O) groups is 2. The van der Waals surface area contributed by atoms with E-state index in [0.717, 1.165) is 5.92 Å². The Morgan fingerprint density at radius 1 is 0.692 bits per heavy atom. The van der Waals surface area contributed by atoms with Crippen molar-refractivity contribution >= 4 is 29.7 Å². The molecule has 0 aliphatic heterocycles. The molecule has 0 heterocycles. The van der Waals surface area contributed by atoms with Crippen molar-refractivity contribution in [1.29, 1.82) is 0 Å². The standard InChI is InChI=1S/C18H37.C3H4O4.Li/c1-4-6-8-9-10-11-12-13-14-15-17-18(3)16-7-5-2;4-2(5)1-3(6)7;/h18H,3-17H2,1-2H3;1H2,(H,4,5)(H,6,7);. The summed E-state index contributed by atoms with van der Waals surface area (Å²) in [5.41, 5.74) is 0. The molecule has 0 saturated heterocycles. The van der Waals surface area contributed by atoms with Crippen LogP contribution in [0.2, 0.25) is 5.09 Å². The number of carboxylic acids is 2. The quantitative estimate of drug-likeness (QED) is 0.182. The Labute approximate surface area is 170 Å². The fourth-order valence-corrected chi connectivity index (χ4v) is 3.10. The molecule has 5 heteroatoms. The predicted molar refractivity (Wildman–Crippen MR) is 110 cm³/mol. The number of unbranched alkanes of at least 4 members (excludes halogenated alkanes) is 10. The number of carboxylic acid groups (broad SMARTS) is 2. The van der Waals surface area contributed by atoms with Crippen LogP contribution < -0.4 is 0 Å². The fourth-order valence-electron chi connectivity index (χ4n) is 3.10. The van der Waals surface area contributed by atoms with Crippen molar-refractivity contribution in [2.24, 2.45) is 5.92 Å². The summed E-state index contributed by atoms with van der Waals surface area (Å²) in [4.78, 5) is 18.9. The molecule has 1 atom stereocenters. The second kappa shape index (κ2) is 22.6. The SMILES string of the molecule is O=C(O)CC(=O)O.[Li][CH2]C(CCCC)CCCCCCCCCCCC. The summed E-state index contributed by atoms with van der Waals surface area (Å²) in [5.74, 6) is -1.60. The van der Waals surface area contributed by atoms with Crippen LogP contribution in [-0.2, 0) is 9.59 Å². The zero-order valence-electron chi connectivity index (χ0n) is 17.6. The van der Waals surface area contributed by atoms with Crippen LogP contribution in [0.25, 0.3) is 0 Å². The van der Waals surface area contributed by atoms with E-state index in [2.05, 4.69) is 31.6 Å². The Morgan fingerprint density at radius 3 is 1.42 bits per heavy atom. The molecule has 0 rings (SSSR count). The minimum atomic E-state index is -1.31. The van der Waals surface area contributed by atoms with Gasteiger partial charge in [-0.1, -0.05) is 13.3 Å². The smallest absolute Gasteiger partial charge is 0.0654 e. The second-order valence-corrected chi connectivity index (χ2v) is 7.35. The molecule has 0 radical (unpaired) electrons. The summed E-state index contributed by atoms with van der Waals surface area (Å²) in [6, 6.07) is 0. The van der Waals surface area contributed by atoms with Crippen LogP contribution in [0.1, 0.15) is 110 Å². The Morgan fingerprint density at radius 2 is 1.08 bits per heavy atom. The molecule has 0 aliphatic carbocycles. The average Bonchev–Trinajstić information content (AvgIpc) is 2.58. The van der Waals surface area contributed by atoms with E-state index in [4.69, 9.17) is 10.2 Å². The third-order valence-corrected chi connectivity index (χ3v) is 4.81. The van der Waals surface area contributed by atoms with Crippen LogP contribution in [0.3, 0.4) is 0 Å². The molecule has 0 bridgehead atoms. The molecular formula is C21H41LiO4. The molecule has 1 unspecified atom stereocenters. The molecule has 0 spiro atoms. The summed E-state index contributed by atoms with van der Waals surface area (Å²) in [6.45, 7) is 4.61. The normalized spacial score (nSPS) is 11.5. The first kappa shape index (κ1) is 27.8. The second-order valence-electron chi connectivity index (χ2n) is 7.35. The van der Waals surface area contributed by atoms with Crippen molar-refractivity contribution in [2.45, 2.75) is 115 Å². The van der Waals surface area contributed by atoms with Gasteiger partial charge in [0, 0.05) is 0 Å². The molecule has 0 aromatic rings. The van der Waals surface area contributed by atoms with Gasteiger partial charge in [-0.25, -0.2) is 0 Å². The molecule has 0 aromatic carbocycles. The van der Waals surface area contributed by atoms with Crippen molar-refractivity contribution in [3.05, 3.63) is 0 Å². The molecule has 4 nitrogen and oxygen atoms in total. The Bertz CT molecular complexity index is 309. The van der Waals surface area contributed by atoms with E-state index in [1.807, 2.05) is 0 Å². The molecule has 0 amide bonds. The minimum absolute atomic E-state index is 0.806. The first-order valence-corrected chi connectivity index (χ1v) is 10.9. The molecular weight excluding hydrogens is 323 g/mol. The number of hydrogen-bond acceptors (Lipinski definition) is 2. The number of hydrogen-bond donors (Lipinski definition) is 2. The number of rotatable bonds is 17. The van der Waals surface area contributed by atoms with E-state index < -0.39 is 18.4 Å². The van der Waals surface area contributed by atoms with Crippen molar-refractivity contribution in [1.82, 2.24) is 0 Å². The fraction of sp³-hybridized carbons (Fsp3) is 0.905. The summed E-state index contributed by atoms with van der Waals surface area (Å²) >= 11 is 2.37. The summed E-state index contributed by atoms with van der Waals surface area (Å²) in [6.07, 6.45) is 19.6. The summed E-state index contributed by atoms with van der Waals surface area (Å²) in [5, 5.41) is 16.8. The van der Waals surface area contributed by atoms with Crippen molar-refractivity contribution in [2.75, 3.05) is 0 Å². The zero-order valence-corrected chi connectivity index (χ0v) is 17.6. The monoisotopic (exact) mass is 364 g/mol. The molecule has 26 heavy (non-hydrogen) atoms. The van der Waals surface area contributed by atoms with Gasteiger partial charge in [0.2, 0.25) is 0 Å². The third kappa shape index (κ3) is 25.8. The first-order chi connectivity index (χ1) is 12.5. The topological polar surface area (TPSA) is 74.6 Å². The number of aliphatic carboxylic acids is 2. The van der Waals surface area contributed by atoms with Crippen LogP contribution >= 0.6 is 0 Å². The van der Waals surface area contributed by atoms with Gasteiger partial charge in [0.15, 0.2) is 0 Å². The molecule has 0 aliphatic rings. The molecule has 0 aromatic heterocycles. The van der Waals surface area contributed by atoms with E-state index in [9.17, 15) is 9.59 Å². The maximum absolute atomic E-state index is 9.43. The Kier molecular flexibility index (Phi) is 24.1. The Hall–Kier alpha value is -0.463. The summed E-state index contributed by atoms with van der Waals surface area (Å²) < 4.78 is 0. The molecule has 0 saturated carbocycles. The van der Waals surface area contributed by atoms with Gasteiger partial charge in [0.05, 0.1) is 0 Å². The van der Waals surface area contributed by atoms with Gasteiger partial charge in [-0.3, -0.25) is 9.59 Å². The maximum atomic E-state index is 9.43. The van der Waals surface area contributed by atoms with Gasteiger partial charge < -0.3 is 10.2 Å². The van der Waals surface area contributed by atoms with Gasteiger partial charge in [0.25, 0.3) is 0 Å². The Balaban J connectivity index is 0. The van der Waals surface area contributed by atoms with E-state index in [1.54, 1.807) is 0 Å². The first-order valence-electron chi connectivity index (χ1n) is 10.9. The van der Waals surface area contributed by atoms with Gasteiger partial charge in [-0.2, -0.15) is 0 Å². The summed E-state index contributed by atoms with van der Waals surface area (Å²) in [7, 11) is 0.